The van der Waals surface area contributed by atoms with Crippen LogP contribution < -0.4 is 5.32 Å². The number of likely N-dealkylation sites (tertiary alicyclic amines) is 1. The Morgan fingerprint density at radius 3 is 2.83 bits per heavy atom. The Hall–Kier alpha value is -3.15. The Labute approximate surface area is 170 Å². The van der Waals surface area contributed by atoms with E-state index in [2.05, 4.69) is 28.4 Å². The number of piperidine rings is 1. The Morgan fingerprint density at radius 1 is 1.21 bits per heavy atom. The molecule has 6 nitrogen and oxygen atoms in total. The number of carbonyl (C=O) groups is 1. The quantitative estimate of drug-likeness (QED) is 0.650. The topological polar surface area (TPSA) is 71.3 Å². The van der Waals surface area contributed by atoms with E-state index in [9.17, 15) is 4.79 Å². The van der Waals surface area contributed by atoms with E-state index in [4.69, 9.17) is 4.52 Å². The Kier molecular flexibility index (Phi) is 5.60. The van der Waals surface area contributed by atoms with Gasteiger partial charge in [0.15, 0.2) is 0 Å². The molecule has 2 heterocycles. The second-order valence-electron chi connectivity index (χ2n) is 7.51. The van der Waals surface area contributed by atoms with Crippen LogP contribution in [-0.4, -0.2) is 27.6 Å². The fraction of sp³-hybridized carbons (Fsp3) is 0.348. The molecular formula is C23H26N4O2. The van der Waals surface area contributed by atoms with Crippen molar-refractivity contribution in [1.82, 2.24) is 15.0 Å². The number of benzene rings is 2. The summed E-state index contributed by atoms with van der Waals surface area (Å²) in [6.45, 7) is 4.81. The van der Waals surface area contributed by atoms with Crippen LogP contribution in [0.1, 0.15) is 49.2 Å². The van der Waals surface area contributed by atoms with E-state index < -0.39 is 0 Å². The van der Waals surface area contributed by atoms with E-state index in [1.807, 2.05) is 54.3 Å². The second-order valence-corrected chi connectivity index (χ2v) is 7.51. The maximum Gasteiger partial charge on any atom is 0.322 e. The van der Waals surface area contributed by atoms with Crippen molar-refractivity contribution in [3.63, 3.8) is 0 Å². The monoisotopic (exact) mass is 390 g/mol. The van der Waals surface area contributed by atoms with Crippen LogP contribution in [0.25, 0.3) is 11.4 Å². The van der Waals surface area contributed by atoms with Gasteiger partial charge >= 0.3 is 6.03 Å². The molecule has 1 saturated heterocycles. The molecule has 2 amide bonds. The van der Waals surface area contributed by atoms with Crippen LogP contribution >= 0.6 is 0 Å². The molecular weight excluding hydrogens is 364 g/mol. The molecule has 3 aromatic rings. The van der Waals surface area contributed by atoms with Gasteiger partial charge in [0, 0.05) is 17.8 Å². The van der Waals surface area contributed by atoms with Crippen molar-refractivity contribution in [1.29, 1.82) is 0 Å². The SMILES string of the molecule is CCc1cccc(NC(=O)N2CCCCC2c2nc(-c3ccc(C)cc3)no2)c1. The number of hydrogen-bond acceptors (Lipinski definition) is 4. The van der Waals surface area contributed by atoms with E-state index in [-0.39, 0.29) is 12.1 Å². The molecule has 1 atom stereocenters. The first-order valence-corrected chi connectivity index (χ1v) is 10.2. The van der Waals surface area contributed by atoms with Gasteiger partial charge in [0.25, 0.3) is 0 Å². The number of urea groups is 1. The summed E-state index contributed by atoms with van der Waals surface area (Å²) in [5, 5.41) is 7.18. The van der Waals surface area contributed by atoms with Gasteiger partial charge in [-0.15, -0.1) is 0 Å². The van der Waals surface area contributed by atoms with Crippen molar-refractivity contribution in [2.75, 3.05) is 11.9 Å². The van der Waals surface area contributed by atoms with Crippen molar-refractivity contribution in [2.45, 2.75) is 45.6 Å². The van der Waals surface area contributed by atoms with Crippen LogP contribution in [0.2, 0.25) is 0 Å². The Balaban J connectivity index is 1.53. The number of rotatable bonds is 4. The number of amides is 2. The number of nitrogens with one attached hydrogen (secondary N) is 1. The zero-order valence-corrected chi connectivity index (χ0v) is 16.9. The van der Waals surface area contributed by atoms with Crippen molar-refractivity contribution in [3.05, 3.63) is 65.5 Å². The normalized spacial score (nSPS) is 16.6. The molecule has 1 N–H and O–H groups in total. The first kappa shape index (κ1) is 19.2. The minimum atomic E-state index is -0.204. The first-order valence-electron chi connectivity index (χ1n) is 10.2. The van der Waals surface area contributed by atoms with Crippen LogP contribution in [0.4, 0.5) is 10.5 Å². The summed E-state index contributed by atoms with van der Waals surface area (Å²) in [6.07, 6.45) is 3.75. The molecule has 0 aliphatic carbocycles. The van der Waals surface area contributed by atoms with Gasteiger partial charge in [0.05, 0.1) is 0 Å². The van der Waals surface area contributed by atoms with Crippen molar-refractivity contribution in [3.8, 4) is 11.4 Å². The highest BCUT2D eigenvalue weighted by atomic mass is 16.5. The van der Waals surface area contributed by atoms with Crippen LogP contribution in [0.3, 0.4) is 0 Å². The molecule has 29 heavy (non-hydrogen) atoms. The largest absolute Gasteiger partial charge is 0.337 e. The molecule has 0 radical (unpaired) electrons. The summed E-state index contributed by atoms with van der Waals surface area (Å²) in [6, 6.07) is 15.6. The number of carbonyl (C=O) groups excluding carboxylic acids is 1. The lowest BCUT2D eigenvalue weighted by molar-refractivity contribution is 0.142. The van der Waals surface area contributed by atoms with Crippen molar-refractivity contribution in [2.24, 2.45) is 0 Å². The maximum atomic E-state index is 13.0. The van der Waals surface area contributed by atoms with E-state index >= 15 is 0 Å². The number of aromatic nitrogens is 2. The molecule has 0 spiro atoms. The fourth-order valence-corrected chi connectivity index (χ4v) is 3.69. The summed E-state index contributed by atoms with van der Waals surface area (Å²) in [5.41, 5.74) is 4.09. The van der Waals surface area contributed by atoms with Gasteiger partial charge in [0.1, 0.15) is 6.04 Å². The number of aryl methyl sites for hydroxylation is 2. The third kappa shape index (κ3) is 4.31. The molecule has 1 unspecified atom stereocenters. The third-order valence-electron chi connectivity index (χ3n) is 5.39. The van der Waals surface area contributed by atoms with Gasteiger partial charge in [-0.05, 0) is 50.3 Å². The van der Waals surface area contributed by atoms with E-state index in [0.29, 0.717) is 18.3 Å². The summed E-state index contributed by atoms with van der Waals surface area (Å²) >= 11 is 0. The maximum absolute atomic E-state index is 13.0. The predicted molar refractivity (Wildman–Crippen MR) is 113 cm³/mol. The zero-order valence-electron chi connectivity index (χ0n) is 16.9. The third-order valence-corrected chi connectivity index (χ3v) is 5.39. The van der Waals surface area contributed by atoms with E-state index in [0.717, 1.165) is 36.9 Å². The highest BCUT2D eigenvalue weighted by molar-refractivity contribution is 5.89. The molecule has 1 aromatic heterocycles. The highest BCUT2D eigenvalue weighted by Crippen LogP contribution is 2.31. The zero-order chi connectivity index (χ0) is 20.2. The van der Waals surface area contributed by atoms with Gasteiger partial charge in [-0.1, -0.05) is 54.0 Å². The Bertz CT molecular complexity index is 981. The van der Waals surface area contributed by atoms with Crippen LogP contribution in [0.5, 0.6) is 0 Å². The average molecular weight is 390 g/mol. The molecule has 6 heteroatoms. The second kappa shape index (κ2) is 8.47. The summed E-state index contributed by atoms with van der Waals surface area (Å²) in [5.74, 6) is 1.05. The standard InChI is InChI=1S/C23H26N4O2/c1-3-17-7-6-8-19(15-17)24-23(28)27-14-5-4-9-20(27)22-25-21(26-29-22)18-12-10-16(2)11-13-18/h6-8,10-13,15,20H,3-5,9,14H2,1-2H3,(H,24,28). The smallest absolute Gasteiger partial charge is 0.322 e. The van der Waals surface area contributed by atoms with Crippen LogP contribution in [0.15, 0.2) is 53.1 Å². The molecule has 1 fully saturated rings. The molecule has 1 aliphatic rings. The molecule has 2 aromatic carbocycles. The lowest BCUT2D eigenvalue weighted by atomic mass is 10.0. The van der Waals surface area contributed by atoms with Gasteiger partial charge in [-0.25, -0.2) is 4.79 Å². The van der Waals surface area contributed by atoms with Gasteiger partial charge in [-0.2, -0.15) is 4.98 Å². The molecule has 0 saturated carbocycles. The first-order chi connectivity index (χ1) is 14.1. The van der Waals surface area contributed by atoms with Gasteiger partial charge < -0.3 is 14.7 Å². The summed E-state index contributed by atoms with van der Waals surface area (Å²) < 4.78 is 5.57. The lowest BCUT2D eigenvalue weighted by Gasteiger charge is -2.33. The molecule has 1 aliphatic heterocycles. The number of anilines is 1. The highest BCUT2D eigenvalue weighted by Gasteiger charge is 2.32. The number of nitrogens with zero attached hydrogens (tertiary/aromatic N) is 3. The minimum Gasteiger partial charge on any atom is -0.337 e. The van der Waals surface area contributed by atoms with Crippen molar-refractivity contribution < 1.29 is 9.32 Å². The van der Waals surface area contributed by atoms with E-state index in [1.54, 1.807) is 0 Å². The minimum absolute atomic E-state index is 0.127. The van der Waals surface area contributed by atoms with Crippen LogP contribution in [0, 0.1) is 6.92 Å². The molecule has 0 bridgehead atoms. The van der Waals surface area contributed by atoms with Crippen LogP contribution in [-0.2, 0) is 6.42 Å². The van der Waals surface area contributed by atoms with Crippen molar-refractivity contribution >= 4 is 11.7 Å². The molecule has 150 valence electrons. The Morgan fingerprint density at radius 2 is 2.03 bits per heavy atom. The van der Waals surface area contributed by atoms with E-state index in [1.165, 1.54) is 11.1 Å². The predicted octanol–water partition coefficient (Wildman–Crippen LogP) is 5.37. The van der Waals surface area contributed by atoms with Gasteiger partial charge in [-0.3, -0.25) is 0 Å². The fourth-order valence-electron chi connectivity index (χ4n) is 3.69. The summed E-state index contributed by atoms with van der Waals surface area (Å²) in [4.78, 5) is 19.4. The number of hydrogen-bond donors (Lipinski definition) is 1. The van der Waals surface area contributed by atoms with Gasteiger partial charge in [0.2, 0.25) is 11.7 Å². The molecule has 4 rings (SSSR count). The average Bonchev–Trinajstić information content (AvgIpc) is 3.24. The lowest BCUT2D eigenvalue weighted by Crippen LogP contribution is -2.41. The summed E-state index contributed by atoms with van der Waals surface area (Å²) in [7, 11) is 0.